The number of carbonyl (C=O) groups excluding carboxylic acids is 1. The summed E-state index contributed by atoms with van der Waals surface area (Å²) in [5.41, 5.74) is 2.86. The summed E-state index contributed by atoms with van der Waals surface area (Å²) in [6.45, 7) is 2.61. The van der Waals surface area contributed by atoms with Gasteiger partial charge in [0.15, 0.2) is 0 Å². The van der Waals surface area contributed by atoms with E-state index >= 15 is 0 Å². The van der Waals surface area contributed by atoms with Gasteiger partial charge >= 0.3 is 0 Å². The lowest BCUT2D eigenvalue weighted by Crippen LogP contribution is -2.34. The summed E-state index contributed by atoms with van der Waals surface area (Å²) in [5.74, 6) is 0.688. The van der Waals surface area contributed by atoms with Crippen LogP contribution in [0.3, 0.4) is 0 Å². The van der Waals surface area contributed by atoms with Gasteiger partial charge in [0.05, 0.1) is 4.92 Å². The highest BCUT2D eigenvalue weighted by Crippen LogP contribution is 2.31. The fourth-order valence-corrected chi connectivity index (χ4v) is 2.70. The van der Waals surface area contributed by atoms with E-state index in [1.54, 1.807) is 11.0 Å². The predicted molar refractivity (Wildman–Crippen MR) is 87.0 cm³/mol. The molecular formula is C16H16N4O3. The van der Waals surface area contributed by atoms with Crippen LogP contribution in [0.25, 0.3) is 0 Å². The van der Waals surface area contributed by atoms with E-state index in [0.29, 0.717) is 25.2 Å². The Morgan fingerprint density at radius 3 is 2.78 bits per heavy atom. The Bertz CT molecular complexity index is 758. The summed E-state index contributed by atoms with van der Waals surface area (Å²) < 4.78 is 0. The summed E-state index contributed by atoms with van der Waals surface area (Å²) in [4.78, 5) is 27.9. The van der Waals surface area contributed by atoms with E-state index in [-0.39, 0.29) is 11.6 Å². The molecule has 2 aromatic rings. The Kier molecular flexibility index (Phi) is 3.92. The normalized spacial score (nSPS) is 13.6. The summed E-state index contributed by atoms with van der Waals surface area (Å²) in [5, 5.41) is 13.8. The molecule has 3 rings (SSSR count). The van der Waals surface area contributed by atoms with Crippen molar-refractivity contribution in [3.63, 3.8) is 0 Å². The molecule has 1 aliphatic rings. The molecule has 23 heavy (non-hydrogen) atoms. The van der Waals surface area contributed by atoms with Crippen LogP contribution in [0.1, 0.15) is 18.9 Å². The molecule has 7 nitrogen and oxygen atoms in total. The molecule has 1 aromatic heterocycles. The van der Waals surface area contributed by atoms with Crippen molar-refractivity contribution in [3.8, 4) is 0 Å². The summed E-state index contributed by atoms with van der Waals surface area (Å²) in [6, 6.07) is 8.77. The molecule has 1 aliphatic heterocycles. The van der Waals surface area contributed by atoms with Gasteiger partial charge in [0.25, 0.3) is 5.69 Å². The van der Waals surface area contributed by atoms with Crippen molar-refractivity contribution in [3.05, 3.63) is 52.2 Å². The predicted octanol–water partition coefficient (Wildman–Crippen LogP) is 3.03. The number of aryl methyl sites for hydroxylation is 1. The standard InChI is InChI=1S/C16H16N4O3/c1-2-19-14-6-4-12(9-11(14)3-8-16(19)21)18-15-7-5-13(10-17-15)20(22)23/h4-7,9-10H,2-3,8H2,1H3,(H,17,18). The average Bonchev–Trinajstić information content (AvgIpc) is 2.55. The van der Waals surface area contributed by atoms with Crippen LogP contribution in [-0.4, -0.2) is 22.4 Å². The van der Waals surface area contributed by atoms with Gasteiger partial charge in [-0.1, -0.05) is 0 Å². The number of nitro groups is 1. The van der Waals surface area contributed by atoms with Crippen molar-refractivity contribution in [1.29, 1.82) is 0 Å². The second-order valence-electron chi connectivity index (χ2n) is 5.27. The van der Waals surface area contributed by atoms with Crippen LogP contribution in [0, 0.1) is 10.1 Å². The van der Waals surface area contributed by atoms with Gasteiger partial charge in [-0.05, 0) is 43.2 Å². The van der Waals surface area contributed by atoms with Crippen molar-refractivity contribution in [2.24, 2.45) is 0 Å². The number of nitrogens with one attached hydrogen (secondary N) is 1. The quantitative estimate of drug-likeness (QED) is 0.692. The maximum absolute atomic E-state index is 11.9. The lowest BCUT2D eigenvalue weighted by atomic mass is 10.0. The fraction of sp³-hybridized carbons (Fsp3) is 0.250. The molecule has 0 saturated carbocycles. The summed E-state index contributed by atoms with van der Waals surface area (Å²) >= 11 is 0. The number of hydrogen-bond acceptors (Lipinski definition) is 5. The maximum Gasteiger partial charge on any atom is 0.287 e. The Morgan fingerprint density at radius 1 is 1.30 bits per heavy atom. The van der Waals surface area contributed by atoms with Crippen LogP contribution >= 0.6 is 0 Å². The van der Waals surface area contributed by atoms with Gasteiger partial charge in [0.2, 0.25) is 5.91 Å². The fourth-order valence-electron chi connectivity index (χ4n) is 2.70. The summed E-state index contributed by atoms with van der Waals surface area (Å²) in [7, 11) is 0. The van der Waals surface area contributed by atoms with E-state index in [1.807, 2.05) is 25.1 Å². The van der Waals surface area contributed by atoms with Crippen molar-refractivity contribution in [2.75, 3.05) is 16.8 Å². The Balaban J connectivity index is 1.82. The number of fused-ring (bicyclic) bond motifs is 1. The van der Waals surface area contributed by atoms with Gasteiger partial charge in [0, 0.05) is 30.4 Å². The first-order valence-corrected chi connectivity index (χ1v) is 7.39. The molecule has 1 amide bonds. The third-order valence-corrected chi connectivity index (χ3v) is 3.83. The number of benzene rings is 1. The van der Waals surface area contributed by atoms with Crippen molar-refractivity contribution in [2.45, 2.75) is 19.8 Å². The van der Waals surface area contributed by atoms with Gasteiger partial charge in [-0.3, -0.25) is 14.9 Å². The Labute approximate surface area is 133 Å². The van der Waals surface area contributed by atoms with Crippen LogP contribution in [0.15, 0.2) is 36.5 Å². The number of hydrogen-bond donors (Lipinski definition) is 1. The van der Waals surface area contributed by atoms with Gasteiger partial charge in [0.1, 0.15) is 12.0 Å². The second-order valence-corrected chi connectivity index (χ2v) is 5.27. The van der Waals surface area contributed by atoms with E-state index in [1.165, 1.54) is 12.3 Å². The Hall–Kier alpha value is -2.96. The largest absolute Gasteiger partial charge is 0.340 e. The molecule has 0 bridgehead atoms. The van der Waals surface area contributed by atoms with E-state index in [9.17, 15) is 14.9 Å². The lowest BCUT2D eigenvalue weighted by molar-refractivity contribution is -0.385. The van der Waals surface area contributed by atoms with Gasteiger partial charge in [-0.15, -0.1) is 0 Å². The van der Waals surface area contributed by atoms with Crippen LogP contribution in [0.4, 0.5) is 22.9 Å². The molecule has 0 saturated heterocycles. The van der Waals surface area contributed by atoms with E-state index in [2.05, 4.69) is 10.3 Å². The third kappa shape index (κ3) is 2.98. The van der Waals surface area contributed by atoms with E-state index < -0.39 is 4.92 Å². The van der Waals surface area contributed by atoms with E-state index in [0.717, 1.165) is 16.9 Å². The average molecular weight is 312 g/mol. The highest BCUT2D eigenvalue weighted by molar-refractivity contribution is 5.96. The molecule has 1 aromatic carbocycles. The van der Waals surface area contributed by atoms with Crippen molar-refractivity contribution in [1.82, 2.24) is 4.98 Å². The first kappa shape index (κ1) is 15.0. The van der Waals surface area contributed by atoms with Crippen LogP contribution in [0.2, 0.25) is 0 Å². The molecule has 1 N–H and O–H groups in total. The highest BCUT2D eigenvalue weighted by Gasteiger charge is 2.22. The highest BCUT2D eigenvalue weighted by atomic mass is 16.6. The van der Waals surface area contributed by atoms with Crippen LogP contribution in [0.5, 0.6) is 0 Å². The molecule has 2 heterocycles. The SMILES string of the molecule is CCN1C(=O)CCc2cc(Nc3ccc([N+](=O)[O-])cn3)ccc21. The zero-order valence-electron chi connectivity index (χ0n) is 12.7. The first-order chi connectivity index (χ1) is 11.1. The molecule has 0 aliphatic carbocycles. The number of aromatic nitrogens is 1. The van der Waals surface area contributed by atoms with Crippen LogP contribution in [-0.2, 0) is 11.2 Å². The number of pyridine rings is 1. The monoisotopic (exact) mass is 312 g/mol. The summed E-state index contributed by atoms with van der Waals surface area (Å²) in [6.07, 6.45) is 2.45. The van der Waals surface area contributed by atoms with Crippen LogP contribution < -0.4 is 10.2 Å². The minimum absolute atomic E-state index is 0.0434. The van der Waals surface area contributed by atoms with Gasteiger partial charge < -0.3 is 10.2 Å². The lowest BCUT2D eigenvalue weighted by Gasteiger charge is -2.28. The van der Waals surface area contributed by atoms with E-state index in [4.69, 9.17) is 0 Å². The zero-order chi connectivity index (χ0) is 16.4. The Morgan fingerprint density at radius 2 is 2.13 bits per heavy atom. The number of rotatable bonds is 4. The number of amides is 1. The molecule has 118 valence electrons. The number of carbonyl (C=O) groups is 1. The smallest absolute Gasteiger partial charge is 0.287 e. The molecule has 0 atom stereocenters. The minimum atomic E-state index is -0.480. The molecule has 0 unspecified atom stereocenters. The van der Waals surface area contributed by atoms with Crippen molar-refractivity contribution < 1.29 is 9.72 Å². The zero-order valence-corrected chi connectivity index (χ0v) is 12.7. The molecule has 7 heteroatoms. The van der Waals surface area contributed by atoms with Gasteiger partial charge in [-0.25, -0.2) is 4.98 Å². The van der Waals surface area contributed by atoms with Gasteiger partial charge in [-0.2, -0.15) is 0 Å². The first-order valence-electron chi connectivity index (χ1n) is 7.39. The maximum atomic E-state index is 11.9. The second kappa shape index (κ2) is 6.04. The number of nitrogens with zero attached hydrogens (tertiary/aromatic N) is 3. The molecule has 0 fully saturated rings. The topological polar surface area (TPSA) is 88.4 Å². The minimum Gasteiger partial charge on any atom is -0.340 e. The molecule has 0 spiro atoms. The third-order valence-electron chi connectivity index (χ3n) is 3.83. The molecular weight excluding hydrogens is 296 g/mol. The van der Waals surface area contributed by atoms with Crippen molar-refractivity contribution >= 4 is 28.8 Å². The number of anilines is 3. The molecule has 0 radical (unpaired) electrons.